The van der Waals surface area contributed by atoms with Gasteiger partial charge >= 0.3 is 12.2 Å². The zero-order valence-corrected chi connectivity index (χ0v) is 54.3. The Morgan fingerprint density at radius 1 is 0.689 bits per heavy atom. The molecule has 0 aliphatic carbocycles. The molecule has 0 fully saturated rings. The van der Waals surface area contributed by atoms with Crippen molar-refractivity contribution in [1.29, 1.82) is 0 Å². The maximum Gasteiger partial charge on any atom is 0.407 e. The Bertz CT molecular complexity index is 3760. The van der Waals surface area contributed by atoms with Gasteiger partial charge < -0.3 is 39.8 Å². The number of Topliss-reactive ketones (excluding diaryl/α,β-unsaturated/α-hetero) is 2. The summed E-state index contributed by atoms with van der Waals surface area (Å²) in [5.41, 5.74) is 6.80. The Balaban J connectivity index is 0.708. The van der Waals surface area contributed by atoms with Crippen molar-refractivity contribution in [3.05, 3.63) is 169 Å². The maximum absolute atomic E-state index is 12.8. The van der Waals surface area contributed by atoms with Gasteiger partial charge in [0.05, 0.1) is 64.8 Å². The molecular formula is C65H72Cl4N11O9S+. The number of nitrogens with one attached hydrogen (secondary N) is 3. The van der Waals surface area contributed by atoms with Crippen LogP contribution in [-0.2, 0) is 51.8 Å². The number of hydrogen-bond donors (Lipinski definition) is 3. The number of carbonyl (C=O) groups excluding carboxylic acids is 5. The number of rotatable bonds is 34. The average molecular weight is 1330 g/mol. The molecular weight excluding hydrogens is 1250 g/mol. The highest BCUT2D eigenvalue weighted by molar-refractivity contribution is 8.03. The molecule has 1 atom stereocenters. The third-order valence-electron chi connectivity index (χ3n) is 14.7. The van der Waals surface area contributed by atoms with Crippen molar-refractivity contribution in [2.75, 3.05) is 44.4 Å². The summed E-state index contributed by atoms with van der Waals surface area (Å²) in [5.74, 6) is -0.194. The quantitative estimate of drug-likeness (QED) is 0.0148. The van der Waals surface area contributed by atoms with E-state index in [0.29, 0.717) is 99.3 Å². The summed E-state index contributed by atoms with van der Waals surface area (Å²) in [4.78, 5) is 66.6. The van der Waals surface area contributed by atoms with Crippen LogP contribution in [0.5, 0.6) is 11.5 Å². The van der Waals surface area contributed by atoms with E-state index in [0.717, 1.165) is 44.1 Å². The summed E-state index contributed by atoms with van der Waals surface area (Å²) in [6.07, 6.45) is 11.2. The number of halogens is 4. The van der Waals surface area contributed by atoms with E-state index in [2.05, 4.69) is 95.6 Å². The van der Waals surface area contributed by atoms with E-state index in [1.807, 2.05) is 51.2 Å². The number of aryl methyl sites for hydroxylation is 3. The highest BCUT2D eigenvalue weighted by atomic mass is 35.5. The summed E-state index contributed by atoms with van der Waals surface area (Å²) in [6.45, 7) is 16.6. The number of hydrogen-bond acceptors (Lipinski definition) is 15. The number of carbonyl (C=O) groups is 5. The fourth-order valence-electron chi connectivity index (χ4n) is 9.48. The highest BCUT2D eigenvalue weighted by Crippen LogP contribution is 2.47. The van der Waals surface area contributed by atoms with E-state index in [1.165, 1.54) is 0 Å². The molecule has 0 saturated heterocycles. The summed E-state index contributed by atoms with van der Waals surface area (Å²) in [7, 11) is 0. The Morgan fingerprint density at radius 2 is 1.31 bits per heavy atom. The van der Waals surface area contributed by atoms with Gasteiger partial charge in [-0.3, -0.25) is 23.7 Å². The van der Waals surface area contributed by atoms with Gasteiger partial charge in [-0.05, 0) is 104 Å². The van der Waals surface area contributed by atoms with Crippen molar-refractivity contribution >= 4 is 116 Å². The minimum atomic E-state index is -0.566. The Morgan fingerprint density at radius 3 is 2.00 bits per heavy atom. The number of fused-ring (bicyclic) bond motifs is 2. The van der Waals surface area contributed by atoms with Gasteiger partial charge in [0, 0.05) is 73.1 Å². The van der Waals surface area contributed by atoms with Gasteiger partial charge in [-0.2, -0.15) is 4.57 Å². The maximum atomic E-state index is 12.8. The van der Waals surface area contributed by atoms with Crippen LogP contribution in [0.3, 0.4) is 0 Å². The first-order valence-electron chi connectivity index (χ1n) is 29.7. The molecule has 1 aliphatic rings. The average Bonchev–Trinajstić information content (AvgIpc) is 1.75. The van der Waals surface area contributed by atoms with Crippen molar-refractivity contribution < 1.29 is 47.5 Å². The second-order valence-electron chi connectivity index (χ2n) is 21.2. The van der Waals surface area contributed by atoms with E-state index in [4.69, 9.17) is 65.4 Å². The van der Waals surface area contributed by atoms with E-state index in [1.54, 1.807) is 57.8 Å². The minimum Gasteiger partial charge on any atom is -0.484 e. The molecule has 0 saturated carbocycles. The molecule has 1 unspecified atom stereocenters. The summed E-state index contributed by atoms with van der Waals surface area (Å²) in [5, 5.41) is 27.7. The van der Waals surface area contributed by atoms with Crippen LogP contribution in [0.15, 0.2) is 126 Å². The molecule has 7 aromatic rings. The number of thioether (sulfide) groups is 1. The van der Waals surface area contributed by atoms with Crippen molar-refractivity contribution in [3.63, 3.8) is 0 Å². The van der Waals surface area contributed by atoms with Gasteiger partial charge in [0.2, 0.25) is 5.52 Å². The number of allylic oxidation sites excluding steroid dienone is 2. The lowest BCUT2D eigenvalue weighted by Crippen LogP contribution is -2.35. The molecule has 3 N–H and O–H groups in total. The molecule has 474 valence electrons. The van der Waals surface area contributed by atoms with Crippen LogP contribution in [0.4, 0.5) is 15.3 Å². The van der Waals surface area contributed by atoms with Gasteiger partial charge in [0.25, 0.3) is 5.91 Å². The van der Waals surface area contributed by atoms with Gasteiger partial charge in [-0.15, -0.1) is 10.2 Å². The lowest BCUT2D eigenvalue weighted by atomic mass is 9.97. The zero-order valence-electron chi connectivity index (χ0n) is 50.4. The van der Waals surface area contributed by atoms with Crippen LogP contribution in [0, 0.1) is 5.92 Å². The Hall–Kier alpha value is -7.95. The molecule has 25 heteroatoms. The molecule has 4 aromatic carbocycles. The topological polar surface area (TPSA) is 227 Å². The molecule has 0 radical (unpaired) electrons. The smallest absolute Gasteiger partial charge is 0.407 e. The monoisotopic (exact) mass is 1320 g/mol. The number of amides is 3. The van der Waals surface area contributed by atoms with Crippen LogP contribution in [0.2, 0.25) is 20.1 Å². The lowest BCUT2D eigenvalue weighted by Gasteiger charge is -2.20. The van der Waals surface area contributed by atoms with Crippen molar-refractivity contribution in [1.82, 2.24) is 45.9 Å². The number of para-hydroxylation sites is 2. The minimum absolute atomic E-state index is 0.0970. The number of anilines is 1. The molecule has 1 aliphatic heterocycles. The molecule has 8 rings (SSSR count). The van der Waals surface area contributed by atoms with E-state index in [9.17, 15) is 24.0 Å². The first-order chi connectivity index (χ1) is 43.5. The van der Waals surface area contributed by atoms with Gasteiger partial charge in [-0.25, -0.2) is 9.59 Å². The van der Waals surface area contributed by atoms with Crippen molar-refractivity contribution in [2.24, 2.45) is 5.92 Å². The van der Waals surface area contributed by atoms with Gasteiger partial charge in [0.1, 0.15) is 39.5 Å². The third-order valence-corrected chi connectivity index (χ3v) is 17.6. The van der Waals surface area contributed by atoms with Crippen LogP contribution >= 0.6 is 58.2 Å². The molecule has 0 bridgehead atoms. The molecule has 20 nitrogen and oxygen atoms in total. The van der Waals surface area contributed by atoms with Crippen molar-refractivity contribution in [2.45, 2.75) is 110 Å². The van der Waals surface area contributed by atoms with E-state index < -0.39 is 12.2 Å². The highest BCUT2D eigenvalue weighted by Gasteiger charge is 2.26. The number of pyridine rings is 1. The summed E-state index contributed by atoms with van der Waals surface area (Å²) < 4.78 is 27.8. The van der Waals surface area contributed by atoms with Gasteiger partial charge in [-0.1, -0.05) is 127 Å². The molecule has 90 heavy (non-hydrogen) atoms. The number of aromatic nitrogens is 7. The number of unbranched alkanes of at least 4 members (excludes halogenated alkanes) is 1. The standard InChI is InChI=1S/C65H71Cl4N11O9S/c1-6-42(3)44(5)49-22-24-55(61(68)59(49)66)89-41-57(82)70-27-14-30-79-39-47(74-76-79)37-71-64(84)86-33-15-28-77-32-26-45(50-18-8-9-19-52(50)77)35-58-80(53-20-10-11-21-56(53)90-58)31-16-34-87-65(85)72-36-46-38-78(75-73-46)29-13-12-17-48(81)40-88-54-25-23-51(60(67)62(54)69)63(83)43(4)7-2/h8-11,18-26,32,35,38-39,43H,3,5-7,12-17,27-31,33-34,36-37,40-41H2,1-2,4H3,(H2-,70,71,72,82,84,85)/p+1. The predicted octanol–water partition coefficient (Wildman–Crippen LogP) is 13.1. The normalized spacial score (nSPS) is 12.6. The number of benzene rings is 4. The summed E-state index contributed by atoms with van der Waals surface area (Å²) in [6, 6.07) is 25.0. The van der Waals surface area contributed by atoms with Crippen LogP contribution in [-0.4, -0.2) is 99.2 Å². The van der Waals surface area contributed by atoms with Gasteiger partial charge in [0.15, 0.2) is 30.9 Å². The molecule has 3 amide bonds. The van der Waals surface area contributed by atoms with Crippen LogP contribution < -0.4 is 34.9 Å². The first-order valence-corrected chi connectivity index (χ1v) is 32.0. The lowest BCUT2D eigenvalue weighted by molar-refractivity contribution is -0.672. The SMILES string of the molecule is C=C(CC)C(=C)c1ccc(OCC(=O)NCCCn2cc(CNC(=O)OCCC[n+]3ccc(C=C4Sc5ccccc5N4CCCOC(=O)NCc4cn(CCCCC(=O)COc5ccc(C(=O)C(C)CC)c(Cl)c5Cl)nn4)c4ccccc43)nn2)c(Cl)c1Cl. The number of ketones is 2. The van der Waals surface area contributed by atoms with E-state index >= 15 is 0 Å². The fourth-order valence-corrected chi connectivity index (χ4v) is 11.6. The Kier molecular flexibility index (Phi) is 25.5. The summed E-state index contributed by atoms with van der Waals surface area (Å²) >= 11 is 27.4. The second kappa shape index (κ2) is 33.8. The molecule has 0 spiro atoms. The number of ether oxygens (including phenoxy) is 4. The Labute approximate surface area is 547 Å². The van der Waals surface area contributed by atoms with Crippen LogP contribution in [0.1, 0.15) is 105 Å². The number of alkyl carbamates (subject to hydrolysis) is 2. The first kappa shape index (κ1) is 68.0. The van der Waals surface area contributed by atoms with Crippen LogP contribution in [0.25, 0.3) is 22.6 Å². The predicted molar refractivity (Wildman–Crippen MR) is 350 cm³/mol. The second-order valence-corrected chi connectivity index (χ2v) is 23.8. The third kappa shape index (κ3) is 18.8. The molecule has 4 heterocycles. The number of nitrogens with zero attached hydrogens (tertiary/aromatic N) is 8. The van der Waals surface area contributed by atoms with Crippen molar-refractivity contribution in [3.8, 4) is 11.5 Å². The fraction of sp³-hybridized carbons (Fsp3) is 0.354. The van der Waals surface area contributed by atoms with E-state index in [-0.39, 0.29) is 101 Å². The molecule has 3 aromatic heterocycles. The zero-order chi connectivity index (χ0) is 64.1. The largest absolute Gasteiger partial charge is 0.484 e.